The summed E-state index contributed by atoms with van der Waals surface area (Å²) in [6.45, 7) is 1.79. The molecule has 7 heteroatoms. The molecule has 15 heavy (non-hydrogen) atoms. The number of carbonyl (C=O) groups is 1. The second-order valence-electron chi connectivity index (χ2n) is 2.58. The smallest absolute Gasteiger partial charge is 0.325 e. The number of rotatable bonds is 4. The third kappa shape index (κ3) is 3.37. The Kier molecular flexibility index (Phi) is 3.78. The highest BCUT2D eigenvalue weighted by molar-refractivity contribution is 5.74. The first-order valence-corrected chi connectivity index (χ1v) is 4.31. The van der Waals surface area contributed by atoms with Crippen molar-refractivity contribution in [1.29, 1.82) is 0 Å². The number of halogens is 1. The second kappa shape index (κ2) is 5.08. The van der Waals surface area contributed by atoms with Crippen molar-refractivity contribution in [3.63, 3.8) is 0 Å². The Balaban J connectivity index is 2.57. The average molecular weight is 214 g/mol. The Labute approximate surface area is 85.7 Å². The zero-order chi connectivity index (χ0) is 11.3. The van der Waals surface area contributed by atoms with Gasteiger partial charge in [-0.15, -0.1) is 0 Å². The highest BCUT2D eigenvalue weighted by Crippen LogP contribution is 2.09. The van der Waals surface area contributed by atoms with Gasteiger partial charge in [-0.3, -0.25) is 4.79 Å². The highest BCUT2D eigenvalue weighted by Gasteiger charge is 2.07. The minimum absolute atomic E-state index is 0.0669. The molecule has 0 spiro atoms. The summed E-state index contributed by atoms with van der Waals surface area (Å²) in [5.41, 5.74) is 5.25. The van der Waals surface area contributed by atoms with Crippen molar-refractivity contribution in [2.24, 2.45) is 0 Å². The van der Waals surface area contributed by atoms with Crippen LogP contribution in [0.4, 0.5) is 16.2 Å². The van der Waals surface area contributed by atoms with E-state index in [-0.39, 0.29) is 24.9 Å². The van der Waals surface area contributed by atoms with Crippen molar-refractivity contribution in [3.05, 3.63) is 12.0 Å². The lowest BCUT2D eigenvalue weighted by Gasteiger charge is -2.05. The van der Waals surface area contributed by atoms with Crippen LogP contribution in [0.1, 0.15) is 6.92 Å². The lowest BCUT2D eigenvalue weighted by Crippen LogP contribution is -2.18. The van der Waals surface area contributed by atoms with Crippen LogP contribution < -0.4 is 11.1 Å². The fourth-order valence-corrected chi connectivity index (χ4v) is 0.873. The molecule has 1 heterocycles. The third-order valence-electron chi connectivity index (χ3n) is 1.47. The number of nitrogens with one attached hydrogen (secondary N) is 1. The number of aromatic nitrogens is 2. The summed E-state index contributed by atoms with van der Waals surface area (Å²) >= 11 is 0. The molecule has 0 aliphatic heterocycles. The van der Waals surface area contributed by atoms with E-state index in [2.05, 4.69) is 20.0 Å². The van der Waals surface area contributed by atoms with Crippen molar-refractivity contribution in [2.75, 3.05) is 24.2 Å². The summed E-state index contributed by atoms with van der Waals surface area (Å²) < 4.78 is 17.6. The summed E-state index contributed by atoms with van der Waals surface area (Å²) in [6, 6.07) is 0. The molecule has 0 bridgehead atoms. The minimum atomic E-state index is -0.673. The second-order valence-corrected chi connectivity index (χ2v) is 2.58. The van der Waals surface area contributed by atoms with Gasteiger partial charge in [-0.05, 0) is 6.92 Å². The van der Waals surface area contributed by atoms with E-state index in [9.17, 15) is 9.18 Å². The number of carbonyl (C=O) groups excluding carboxylic acids is 1. The Hall–Kier alpha value is -1.92. The summed E-state index contributed by atoms with van der Waals surface area (Å²) in [5, 5.41) is 2.46. The van der Waals surface area contributed by atoms with E-state index in [1.54, 1.807) is 6.92 Å². The maximum absolute atomic E-state index is 13.0. The van der Waals surface area contributed by atoms with Gasteiger partial charge in [0.2, 0.25) is 5.95 Å². The van der Waals surface area contributed by atoms with Gasteiger partial charge >= 0.3 is 5.97 Å². The number of ether oxygens (including phenoxy) is 1. The SMILES string of the molecule is CCOC(=O)CNc1nc(N)ncc1F. The van der Waals surface area contributed by atoms with E-state index in [1.165, 1.54) is 0 Å². The number of anilines is 2. The third-order valence-corrected chi connectivity index (χ3v) is 1.47. The van der Waals surface area contributed by atoms with Gasteiger partial charge < -0.3 is 15.8 Å². The lowest BCUT2D eigenvalue weighted by atomic mass is 10.5. The van der Waals surface area contributed by atoms with E-state index in [0.717, 1.165) is 6.20 Å². The normalized spacial score (nSPS) is 9.73. The molecular weight excluding hydrogens is 203 g/mol. The summed E-state index contributed by atoms with van der Waals surface area (Å²) in [7, 11) is 0. The van der Waals surface area contributed by atoms with Crippen molar-refractivity contribution < 1.29 is 13.9 Å². The predicted octanol–water partition coefficient (Wildman–Crippen LogP) is 0.173. The number of hydrogen-bond donors (Lipinski definition) is 2. The fourth-order valence-electron chi connectivity index (χ4n) is 0.873. The molecule has 0 radical (unpaired) electrons. The van der Waals surface area contributed by atoms with Gasteiger partial charge in [-0.25, -0.2) is 9.37 Å². The highest BCUT2D eigenvalue weighted by atomic mass is 19.1. The Morgan fingerprint density at radius 2 is 2.47 bits per heavy atom. The Morgan fingerprint density at radius 1 is 1.73 bits per heavy atom. The molecule has 1 rings (SSSR count). The molecule has 0 amide bonds. The molecule has 0 aromatic carbocycles. The Morgan fingerprint density at radius 3 is 3.13 bits per heavy atom. The van der Waals surface area contributed by atoms with Gasteiger partial charge in [0.1, 0.15) is 6.54 Å². The van der Waals surface area contributed by atoms with E-state index in [4.69, 9.17) is 5.73 Å². The maximum atomic E-state index is 13.0. The molecule has 0 fully saturated rings. The van der Waals surface area contributed by atoms with Crippen molar-refractivity contribution in [3.8, 4) is 0 Å². The van der Waals surface area contributed by atoms with Crippen LogP contribution in [-0.2, 0) is 9.53 Å². The predicted molar refractivity (Wildman–Crippen MR) is 51.5 cm³/mol. The number of hydrogen-bond acceptors (Lipinski definition) is 6. The molecule has 82 valence electrons. The first kappa shape index (κ1) is 11.2. The van der Waals surface area contributed by atoms with Crippen molar-refractivity contribution in [1.82, 2.24) is 9.97 Å². The molecule has 0 unspecified atom stereocenters. The molecule has 0 aliphatic carbocycles. The number of nitrogen functional groups attached to an aromatic ring is 1. The van der Waals surface area contributed by atoms with E-state index >= 15 is 0 Å². The van der Waals surface area contributed by atoms with Crippen LogP contribution in [0.25, 0.3) is 0 Å². The summed E-state index contributed by atoms with van der Waals surface area (Å²) in [6.07, 6.45) is 0.926. The molecule has 0 atom stereocenters. The van der Waals surface area contributed by atoms with Crippen LogP contribution in [0, 0.1) is 5.82 Å². The molecule has 0 saturated carbocycles. The summed E-state index contributed by atoms with van der Waals surface area (Å²) in [5.74, 6) is -1.35. The van der Waals surface area contributed by atoms with E-state index in [1.807, 2.05) is 0 Å². The van der Waals surface area contributed by atoms with Crippen LogP contribution in [0.3, 0.4) is 0 Å². The van der Waals surface area contributed by atoms with Gasteiger partial charge in [0.15, 0.2) is 11.6 Å². The van der Waals surface area contributed by atoms with Crippen LogP contribution in [-0.4, -0.2) is 29.1 Å². The number of nitrogens with zero attached hydrogens (tertiary/aromatic N) is 2. The average Bonchev–Trinajstić information content (AvgIpc) is 2.20. The number of nitrogens with two attached hydrogens (primary N) is 1. The van der Waals surface area contributed by atoms with E-state index in [0.29, 0.717) is 0 Å². The lowest BCUT2D eigenvalue weighted by molar-refractivity contribution is -0.140. The first-order chi connectivity index (χ1) is 7.13. The minimum Gasteiger partial charge on any atom is -0.465 e. The molecule has 1 aromatic heterocycles. The van der Waals surface area contributed by atoms with Gasteiger partial charge in [-0.2, -0.15) is 4.98 Å². The van der Waals surface area contributed by atoms with Crippen LogP contribution in [0.2, 0.25) is 0 Å². The van der Waals surface area contributed by atoms with E-state index < -0.39 is 11.8 Å². The zero-order valence-corrected chi connectivity index (χ0v) is 8.16. The quantitative estimate of drug-likeness (QED) is 0.694. The van der Waals surface area contributed by atoms with Crippen LogP contribution in [0.5, 0.6) is 0 Å². The van der Waals surface area contributed by atoms with Crippen LogP contribution >= 0.6 is 0 Å². The van der Waals surface area contributed by atoms with Crippen molar-refractivity contribution >= 4 is 17.7 Å². The van der Waals surface area contributed by atoms with Gasteiger partial charge in [0, 0.05) is 0 Å². The van der Waals surface area contributed by atoms with Gasteiger partial charge in [0.05, 0.1) is 12.8 Å². The maximum Gasteiger partial charge on any atom is 0.325 e. The van der Waals surface area contributed by atoms with Crippen LogP contribution in [0.15, 0.2) is 6.20 Å². The van der Waals surface area contributed by atoms with Gasteiger partial charge in [0.25, 0.3) is 0 Å². The molecule has 0 aliphatic rings. The molecular formula is C8H11FN4O2. The molecule has 1 aromatic rings. The molecule has 0 saturated heterocycles. The monoisotopic (exact) mass is 214 g/mol. The largest absolute Gasteiger partial charge is 0.465 e. The molecule has 3 N–H and O–H groups in total. The topological polar surface area (TPSA) is 90.1 Å². The zero-order valence-electron chi connectivity index (χ0n) is 8.16. The Bertz CT molecular complexity index is 358. The van der Waals surface area contributed by atoms with Gasteiger partial charge in [-0.1, -0.05) is 0 Å². The standard InChI is InChI=1S/C8H11FN4O2/c1-2-15-6(14)4-11-7-5(9)3-12-8(10)13-7/h3H,2,4H2,1H3,(H3,10,11,12,13). The fraction of sp³-hybridized carbons (Fsp3) is 0.375. The van der Waals surface area contributed by atoms with Crippen molar-refractivity contribution in [2.45, 2.75) is 6.92 Å². The number of esters is 1. The summed E-state index contributed by atoms with van der Waals surface area (Å²) in [4.78, 5) is 17.9. The first-order valence-electron chi connectivity index (χ1n) is 4.31. The molecule has 6 nitrogen and oxygen atoms in total.